The van der Waals surface area contributed by atoms with Crippen LogP contribution < -0.4 is 5.73 Å². The molecule has 0 heterocycles. The summed E-state index contributed by atoms with van der Waals surface area (Å²) in [5, 5.41) is 0. The minimum absolute atomic E-state index is 0.495. The Morgan fingerprint density at radius 2 is 1.44 bits per heavy atom. The molecule has 0 aliphatic carbocycles. The van der Waals surface area contributed by atoms with Crippen LogP contribution in [0.1, 0.15) is 29.9 Å². The second kappa shape index (κ2) is 6.97. The Hall–Kier alpha value is -1.60. The van der Waals surface area contributed by atoms with E-state index in [1.807, 2.05) is 0 Å². The highest BCUT2D eigenvalue weighted by molar-refractivity contribution is 5.20. The highest BCUT2D eigenvalue weighted by Crippen LogP contribution is 2.20. The van der Waals surface area contributed by atoms with E-state index < -0.39 is 0 Å². The Balaban J connectivity index is 1.85. The molecule has 0 amide bonds. The van der Waals surface area contributed by atoms with Crippen molar-refractivity contribution in [1.82, 2.24) is 0 Å². The van der Waals surface area contributed by atoms with Gasteiger partial charge in [-0.1, -0.05) is 60.7 Å². The third kappa shape index (κ3) is 3.71. The van der Waals surface area contributed by atoms with E-state index in [4.69, 9.17) is 5.73 Å². The van der Waals surface area contributed by atoms with E-state index in [0.717, 1.165) is 19.4 Å². The summed E-state index contributed by atoms with van der Waals surface area (Å²) in [7, 11) is 0. The van der Waals surface area contributed by atoms with Gasteiger partial charge < -0.3 is 5.73 Å². The van der Waals surface area contributed by atoms with Gasteiger partial charge in [-0.25, -0.2) is 0 Å². The number of nitrogens with two attached hydrogens (primary N) is 1. The Morgan fingerprint density at radius 3 is 2.06 bits per heavy atom. The smallest absolute Gasteiger partial charge is 0.000824 e. The molecular weight excluding hydrogens is 218 g/mol. The third-order valence-corrected chi connectivity index (χ3v) is 3.42. The molecule has 2 N–H and O–H groups in total. The van der Waals surface area contributed by atoms with Gasteiger partial charge in [0.2, 0.25) is 0 Å². The van der Waals surface area contributed by atoms with Crippen molar-refractivity contribution in [2.75, 3.05) is 6.54 Å². The fourth-order valence-electron chi connectivity index (χ4n) is 2.34. The van der Waals surface area contributed by atoms with E-state index >= 15 is 0 Å². The number of rotatable bonds is 6. The minimum Gasteiger partial charge on any atom is -0.330 e. The summed E-state index contributed by atoms with van der Waals surface area (Å²) < 4.78 is 0. The lowest BCUT2D eigenvalue weighted by atomic mass is 9.93. The number of benzene rings is 2. The zero-order valence-electron chi connectivity index (χ0n) is 10.8. The Labute approximate surface area is 110 Å². The van der Waals surface area contributed by atoms with Gasteiger partial charge in [-0.3, -0.25) is 0 Å². The molecule has 18 heavy (non-hydrogen) atoms. The maximum Gasteiger partial charge on any atom is -0.000824 e. The lowest BCUT2D eigenvalue weighted by Crippen LogP contribution is -2.12. The molecule has 0 bridgehead atoms. The van der Waals surface area contributed by atoms with Crippen LogP contribution in [0.2, 0.25) is 0 Å². The van der Waals surface area contributed by atoms with E-state index in [1.165, 1.54) is 17.5 Å². The maximum absolute atomic E-state index is 5.88. The highest BCUT2D eigenvalue weighted by Gasteiger charge is 2.08. The van der Waals surface area contributed by atoms with Gasteiger partial charge in [-0.15, -0.1) is 0 Å². The molecule has 0 saturated heterocycles. The molecule has 1 unspecified atom stereocenters. The molecule has 2 rings (SSSR count). The first kappa shape index (κ1) is 12.8. The average Bonchev–Trinajstić information content (AvgIpc) is 2.46. The van der Waals surface area contributed by atoms with Crippen LogP contribution in [0.5, 0.6) is 0 Å². The second-order valence-corrected chi connectivity index (χ2v) is 4.72. The second-order valence-electron chi connectivity index (χ2n) is 4.72. The molecule has 94 valence electrons. The van der Waals surface area contributed by atoms with Gasteiger partial charge in [0.15, 0.2) is 0 Å². The van der Waals surface area contributed by atoms with Crippen LogP contribution in [0.4, 0.5) is 0 Å². The summed E-state index contributed by atoms with van der Waals surface area (Å²) in [6, 6.07) is 21.3. The van der Waals surface area contributed by atoms with Crippen molar-refractivity contribution < 1.29 is 0 Å². The maximum atomic E-state index is 5.88. The third-order valence-electron chi connectivity index (χ3n) is 3.42. The summed E-state index contributed by atoms with van der Waals surface area (Å²) in [4.78, 5) is 0. The summed E-state index contributed by atoms with van der Waals surface area (Å²) in [6.07, 6.45) is 3.50. The molecule has 1 nitrogen and oxygen atoms in total. The first-order valence-corrected chi connectivity index (χ1v) is 6.69. The molecule has 0 fully saturated rings. The Morgan fingerprint density at radius 1 is 0.833 bits per heavy atom. The molecule has 1 heteroatoms. The van der Waals surface area contributed by atoms with E-state index in [2.05, 4.69) is 60.7 Å². The van der Waals surface area contributed by atoms with E-state index in [1.54, 1.807) is 0 Å². The van der Waals surface area contributed by atoms with Crippen molar-refractivity contribution in [3.05, 3.63) is 71.8 Å². The van der Waals surface area contributed by atoms with Crippen LogP contribution in [-0.4, -0.2) is 6.54 Å². The Bertz CT molecular complexity index is 436. The van der Waals surface area contributed by atoms with Gasteiger partial charge in [-0.05, 0) is 42.9 Å². The zero-order valence-corrected chi connectivity index (χ0v) is 10.8. The van der Waals surface area contributed by atoms with Crippen LogP contribution in [0.3, 0.4) is 0 Å². The first-order chi connectivity index (χ1) is 8.90. The average molecular weight is 239 g/mol. The van der Waals surface area contributed by atoms with Gasteiger partial charge in [0, 0.05) is 0 Å². The topological polar surface area (TPSA) is 26.0 Å². The fraction of sp³-hybridized carbons (Fsp3) is 0.294. The van der Waals surface area contributed by atoms with E-state index in [0.29, 0.717) is 5.92 Å². The normalized spacial score (nSPS) is 12.3. The van der Waals surface area contributed by atoms with Gasteiger partial charge >= 0.3 is 0 Å². The summed E-state index contributed by atoms with van der Waals surface area (Å²) >= 11 is 0. The van der Waals surface area contributed by atoms with Gasteiger partial charge in [0.1, 0.15) is 0 Å². The van der Waals surface area contributed by atoms with Crippen molar-refractivity contribution in [2.45, 2.75) is 25.2 Å². The molecule has 2 aromatic carbocycles. The monoisotopic (exact) mass is 239 g/mol. The van der Waals surface area contributed by atoms with Crippen LogP contribution in [0, 0.1) is 0 Å². The molecular formula is C17H21N. The number of hydrogen-bond acceptors (Lipinski definition) is 1. The van der Waals surface area contributed by atoms with Gasteiger partial charge in [-0.2, -0.15) is 0 Å². The van der Waals surface area contributed by atoms with Crippen LogP contribution in [0.25, 0.3) is 0 Å². The molecule has 0 spiro atoms. The highest BCUT2D eigenvalue weighted by atomic mass is 14.5. The van der Waals surface area contributed by atoms with Crippen molar-refractivity contribution in [3.8, 4) is 0 Å². The minimum atomic E-state index is 0.495. The summed E-state index contributed by atoms with van der Waals surface area (Å²) in [5.74, 6) is 0.495. The molecule has 0 aromatic heterocycles. The van der Waals surface area contributed by atoms with Crippen molar-refractivity contribution in [2.24, 2.45) is 5.73 Å². The standard InChI is InChI=1S/C17H21N/c18-14-17(16-11-5-2-6-12-16)13-7-10-15-8-3-1-4-9-15/h1-6,8-9,11-12,17H,7,10,13-14,18H2. The molecule has 0 aliphatic rings. The molecule has 0 aliphatic heterocycles. The van der Waals surface area contributed by atoms with Crippen molar-refractivity contribution in [1.29, 1.82) is 0 Å². The lowest BCUT2D eigenvalue weighted by Gasteiger charge is -2.14. The fourth-order valence-corrected chi connectivity index (χ4v) is 2.34. The van der Waals surface area contributed by atoms with Crippen LogP contribution in [0.15, 0.2) is 60.7 Å². The van der Waals surface area contributed by atoms with Gasteiger partial charge in [0.25, 0.3) is 0 Å². The predicted molar refractivity (Wildman–Crippen MR) is 77.6 cm³/mol. The van der Waals surface area contributed by atoms with Crippen molar-refractivity contribution in [3.63, 3.8) is 0 Å². The van der Waals surface area contributed by atoms with Crippen molar-refractivity contribution >= 4 is 0 Å². The molecule has 2 aromatic rings. The van der Waals surface area contributed by atoms with Gasteiger partial charge in [0.05, 0.1) is 0 Å². The number of aryl methyl sites for hydroxylation is 1. The summed E-state index contributed by atoms with van der Waals surface area (Å²) in [6.45, 7) is 0.735. The van der Waals surface area contributed by atoms with E-state index in [9.17, 15) is 0 Å². The van der Waals surface area contributed by atoms with Crippen LogP contribution in [-0.2, 0) is 6.42 Å². The molecule has 0 saturated carbocycles. The largest absolute Gasteiger partial charge is 0.330 e. The van der Waals surface area contributed by atoms with Crippen LogP contribution >= 0.6 is 0 Å². The lowest BCUT2D eigenvalue weighted by molar-refractivity contribution is 0.599. The molecule has 1 atom stereocenters. The first-order valence-electron chi connectivity index (χ1n) is 6.69. The Kier molecular flexibility index (Phi) is 4.98. The predicted octanol–water partition coefficient (Wildman–Crippen LogP) is 3.75. The molecule has 0 radical (unpaired) electrons. The quantitative estimate of drug-likeness (QED) is 0.816. The number of hydrogen-bond donors (Lipinski definition) is 1. The zero-order chi connectivity index (χ0) is 12.6. The van der Waals surface area contributed by atoms with E-state index in [-0.39, 0.29) is 0 Å². The summed E-state index contributed by atoms with van der Waals surface area (Å²) in [5.41, 5.74) is 8.67. The SMILES string of the molecule is NCC(CCCc1ccccc1)c1ccccc1.